The summed E-state index contributed by atoms with van der Waals surface area (Å²) in [5, 5.41) is 9.53. The first kappa shape index (κ1) is 13.4. The van der Waals surface area contributed by atoms with Gasteiger partial charge < -0.3 is 4.74 Å². The zero-order valence-electron chi connectivity index (χ0n) is 10.3. The smallest absolute Gasteiger partial charge is 0.124 e. The van der Waals surface area contributed by atoms with Crippen LogP contribution < -0.4 is 4.74 Å². The van der Waals surface area contributed by atoms with Crippen molar-refractivity contribution in [1.82, 2.24) is 0 Å². The Morgan fingerprint density at radius 3 is 2.79 bits per heavy atom. The first-order valence-electron chi connectivity index (χ1n) is 5.67. The van der Waals surface area contributed by atoms with E-state index in [2.05, 4.69) is 0 Å². The van der Waals surface area contributed by atoms with E-state index in [4.69, 9.17) is 21.6 Å². The van der Waals surface area contributed by atoms with Gasteiger partial charge in [0.2, 0.25) is 0 Å². The fraction of sp³-hybridized carbons (Fsp3) is 0.133. The summed E-state index contributed by atoms with van der Waals surface area (Å²) in [4.78, 5) is 0. The average Bonchev–Trinajstić information content (AvgIpc) is 2.40. The number of halogens is 2. The molecule has 0 aliphatic carbocycles. The third-order valence-electron chi connectivity index (χ3n) is 2.72. The van der Waals surface area contributed by atoms with Crippen molar-refractivity contribution < 1.29 is 9.13 Å². The highest BCUT2D eigenvalue weighted by atomic mass is 35.5. The Morgan fingerprint density at radius 2 is 2.05 bits per heavy atom. The lowest BCUT2D eigenvalue weighted by Crippen LogP contribution is -2.00. The summed E-state index contributed by atoms with van der Waals surface area (Å²) in [6.45, 7) is 2.02. The molecule has 0 radical (unpaired) electrons. The zero-order chi connectivity index (χ0) is 13.8. The number of ether oxygens (including phenoxy) is 1. The highest BCUT2D eigenvalue weighted by Gasteiger charge is 2.06. The molecule has 0 fully saturated rings. The zero-order valence-corrected chi connectivity index (χ0v) is 11.0. The van der Waals surface area contributed by atoms with Crippen molar-refractivity contribution in [3.8, 4) is 11.8 Å². The molecular weight excluding hydrogens is 265 g/mol. The van der Waals surface area contributed by atoms with E-state index >= 15 is 0 Å². The van der Waals surface area contributed by atoms with E-state index in [-0.39, 0.29) is 12.4 Å². The van der Waals surface area contributed by atoms with E-state index < -0.39 is 0 Å². The fourth-order valence-electron chi connectivity index (χ4n) is 1.68. The highest BCUT2D eigenvalue weighted by molar-refractivity contribution is 6.30. The molecule has 19 heavy (non-hydrogen) atoms. The summed E-state index contributed by atoms with van der Waals surface area (Å²) in [6.07, 6.45) is 0. The minimum atomic E-state index is -0.389. The van der Waals surface area contributed by atoms with Crippen LogP contribution in [-0.4, -0.2) is 0 Å². The summed E-state index contributed by atoms with van der Waals surface area (Å²) in [6, 6.07) is 11.3. The van der Waals surface area contributed by atoms with E-state index in [0.29, 0.717) is 21.9 Å². The molecule has 0 aliphatic heterocycles. The molecule has 0 amide bonds. The quantitative estimate of drug-likeness (QED) is 0.839. The van der Waals surface area contributed by atoms with Gasteiger partial charge in [0.05, 0.1) is 11.6 Å². The van der Waals surface area contributed by atoms with Crippen LogP contribution in [0.5, 0.6) is 5.75 Å². The first-order valence-corrected chi connectivity index (χ1v) is 6.05. The van der Waals surface area contributed by atoms with Gasteiger partial charge in [0.1, 0.15) is 18.2 Å². The third-order valence-corrected chi connectivity index (χ3v) is 2.96. The molecule has 0 aliphatic rings. The standard InChI is InChI=1S/C15H11ClFNO/c1-10-2-4-13(16)7-15(10)19-9-12-6-14(17)5-3-11(12)8-18/h2-7H,9H2,1H3. The molecule has 0 unspecified atom stereocenters. The monoisotopic (exact) mass is 275 g/mol. The van der Waals surface area contributed by atoms with Crippen LogP contribution in [0.3, 0.4) is 0 Å². The molecule has 2 rings (SSSR count). The molecule has 0 spiro atoms. The largest absolute Gasteiger partial charge is 0.489 e. The predicted molar refractivity (Wildman–Crippen MR) is 71.6 cm³/mol. The van der Waals surface area contributed by atoms with E-state index in [1.807, 2.05) is 19.1 Å². The van der Waals surface area contributed by atoms with Gasteiger partial charge in [-0.25, -0.2) is 4.39 Å². The number of aryl methyl sites for hydroxylation is 1. The van der Waals surface area contributed by atoms with Gasteiger partial charge in [-0.05, 0) is 42.8 Å². The van der Waals surface area contributed by atoms with Gasteiger partial charge in [0.15, 0.2) is 0 Å². The van der Waals surface area contributed by atoms with Crippen LogP contribution in [0.25, 0.3) is 0 Å². The van der Waals surface area contributed by atoms with E-state index in [1.54, 1.807) is 12.1 Å². The summed E-state index contributed by atoms with van der Waals surface area (Å²) in [5.41, 5.74) is 1.85. The normalized spacial score (nSPS) is 10.0. The van der Waals surface area contributed by atoms with Crippen molar-refractivity contribution in [2.45, 2.75) is 13.5 Å². The number of hydrogen-bond acceptors (Lipinski definition) is 2. The number of nitrogens with zero attached hydrogens (tertiary/aromatic N) is 1. The Kier molecular flexibility index (Phi) is 4.03. The molecule has 96 valence electrons. The predicted octanol–water partition coefficient (Wildman–Crippen LogP) is 4.24. The average molecular weight is 276 g/mol. The van der Waals surface area contributed by atoms with Crippen LogP contribution in [0.4, 0.5) is 4.39 Å². The Morgan fingerprint density at radius 1 is 1.26 bits per heavy atom. The molecule has 2 aromatic carbocycles. The number of benzene rings is 2. The molecule has 0 saturated heterocycles. The summed E-state index contributed by atoms with van der Waals surface area (Å²) in [7, 11) is 0. The molecule has 0 aromatic heterocycles. The maximum Gasteiger partial charge on any atom is 0.124 e. The van der Waals surface area contributed by atoms with Crippen LogP contribution in [0, 0.1) is 24.1 Å². The maximum atomic E-state index is 13.2. The van der Waals surface area contributed by atoms with Crippen LogP contribution in [0.2, 0.25) is 5.02 Å². The summed E-state index contributed by atoms with van der Waals surface area (Å²) >= 11 is 5.89. The van der Waals surface area contributed by atoms with Crippen molar-refractivity contribution >= 4 is 11.6 Å². The second-order valence-electron chi connectivity index (χ2n) is 4.11. The van der Waals surface area contributed by atoms with Gasteiger partial charge in [-0.2, -0.15) is 5.26 Å². The lowest BCUT2D eigenvalue weighted by atomic mass is 10.1. The van der Waals surface area contributed by atoms with Crippen molar-refractivity contribution in [2.24, 2.45) is 0 Å². The lowest BCUT2D eigenvalue weighted by Gasteiger charge is -2.10. The molecule has 0 saturated carbocycles. The van der Waals surface area contributed by atoms with Gasteiger partial charge in [-0.3, -0.25) is 0 Å². The first-order chi connectivity index (χ1) is 9.10. The van der Waals surface area contributed by atoms with Crippen molar-refractivity contribution in [3.05, 3.63) is 63.9 Å². The Balaban J connectivity index is 2.21. The SMILES string of the molecule is Cc1ccc(Cl)cc1OCc1cc(F)ccc1C#N. The Labute approximate surface area is 116 Å². The number of hydrogen-bond donors (Lipinski definition) is 0. The van der Waals surface area contributed by atoms with Gasteiger partial charge in [0, 0.05) is 10.6 Å². The molecule has 4 heteroatoms. The van der Waals surface area contributed by atoms with Crippen molar-refractivity contribution in [2.75, 3.05) is 0 Å². The molecular formula is C15H11ClFNO. The third kappa shape index (κ3) is 3.24. The molecule has 0 bridgehead atoms. The van der Waals surface area contributed by atoms with Crippen molar-refractivity contribution in [3.63, 3.8) is 0 Å². The molecule has 0 atom stereocenters. The fourth-order valence-corrected chi connectivity index (χ4v) is 1.84. The minimum absolute atomic E-state index is 0.127. The Bertz CT molecular complexity index is 649. The van der Waals surface area contributed by atoms with Crippen LogP contribution >= 0.6 is 11.6 Å². The second kappa shape index (κ2) is 5.73. The Hall–Kier alpha value is -2.05. The van der Waals surface area contributed by atoms with Gasteiger partial charge in [-0.15, -0.1) is 0 Å². The van der Waals surface area contributed by atoms with Crippen LogP contribution in [0.15, 0.2) is 36.4 Å². The van der Waals surface area contributed by atoms with Crippen LogP contribution in [0.1, 0.15) is 16.7 Å². The van der Waals surface area contributed by atoms with E-state index in [1.165, 1.54) is 18.2 Å². The van der Waals surface area contributed by atoms with E-state index in [0.717, 1.165) is 5.56 Å². The van der Waals surface area contributed by atoms with Gasteiger partial charge in [0.25, 0.3) is 0 Å². The van der Waals surface area contributed by atoms with Crippen molar-refractivity contribution in [1.29, 1.82) is 5.26 Å². The molecule has 2 nitrogen and oxygen atoms in total. The molecule has 0 N–H and O–H groups in total. The summed E-state index contributed by atoms with van der Waals surface area (Å²) < 4.78 is 18.8. The van der Waals surface area contributed by atoms with Gasteiger partial charge in [-0.1, -0.05) is 17.7 Å². The molecule has 0 heterocycles. The van der Waals surface area contributed by atoms with Gasteiger partial charge >= 0.3 is 0 Å². The lowest BCUT2D eigenvalue weighted by molar-refractivity contribution is 0.303. The summed E-state index contributed by atoms with van der Waals surface area (Å²) in [5.74, 6) is 0.237. The maximum absolute atomic E-state index is 13.2. The second-order valence-corrected chi connectivity index (χ2v) is 4.55. The topological polar surface area (TPSA) is 33.0 Å². The minimum Gasteiger partial charge on any atom is -0.489 e. The number of rotatable bonds is 3. The van der Waals surface area contributed by atoms with E-state index in [9.17, 15) is 4.39 Å². The van der Waals surface area contributed by atoms with Crippen LogP contribution in [-0.2, 0) is 6.61 Å². The molecule has 2 aromatic rings. The highest BCUT2D eigenvalue weighted by Crippen LogP contribution is 2.24. The number of nitriles is 1.